The van der Waals surface area contributed by atoms with Gasteiger partial charge in [-0.25, -0.2) is 4.98 Å². The minimum Gasteiger partial charge on any atom is -0.444 e. The summed E-state index contributed by atoms with van der Waals surface area (Å²) in [6, 6.07) is 5.78. The van der Waals surface area contributed by atoms with Crippen LogP contribution in [-0.4, -0.2) is 17.4 Å². The summed E-state index contributed by atoms with van der Waals surface area (Å²) in [6.45, 7) is 3.32. The van der Waals surface area contributed by atoms with E-state index < -0.39 is 0 Å². The van der Waals surface area contributed by atoms with Crippen LogP contribution in [0.4, 0.5) is 5.69 Å². The monoisotopic (exact) mass is 285 g/mol. The van der Waals surface area contributed by atoms with Crippen LogP contribution in [0.2, 0.25) is 0 Å². The summed E-state index contributed by atoms with van der Waals surface area (Å²) < 4.78 is 5.47. The number of nitrogens with one attached hydrogen (secondary N) is 2. The quantitative estimate of drug-likeness (QED) is 0.906. The molecule has 110 valence electrons. The lowest BCUT2D eigenvalue weighted by atomic mass is 10.0. The van der Waals surface area contributed by atoms with Crippen LogP contribution in [0.3, 0.4) is 0 Å². The van der Waals surface area contributed by atoms with Gasteiger partial charge in [-0.15, -0.1) is 0 Å². The van der Waals surface area contributed by atoms with E-state index in [1.54, 1.807) is 6.20 Å². The molecule has 1 aliphatic heterocycles. The van der Waals surface area contributed by atoms with Gasteiger partial charge in [0.25, 0.3) is 5.91 Å². The largest absolute Gasteiger partial charge is 0.444 e. The van der Waals surface area contributed by atoms with Crippen LogP contribution in [0.25, 0.3) is 0 Å². The van der Waals surface area contributed by atoms with E-state index in [2.05, 4.69) is 15.6 Å². The maximum absolute atomic E-state index is 12.2. The molecule has 2 N–H and O–H groups in total. The number of hydrogen-bond donors (Lipinski definition) is 2. The Hall–Kier alpha value is -2.30. The molecule has 2 aromatic rings. The molecule has 1 aliphatic rings. The van der Waals surface area contributed by atoms with Crippen LogP contribution in [0.15, 0.2) is 28.8 Å². The predicted octanol–water partition coefficient (Wildman–Crippen LogP) is 2.53. The number of nitrogens with zero attached hydrogens (tertiary/aromatic N) is 1. The molecule has 5 heteroatoms. The first-order chi connectivity index (χ1) is 10.3. The Morgan fingerprint density at radius 2 is 2.38 bits per heavy atom. The number of rotatable bonds is 4. The van der Waals surface area contributed by atoms with Gasteiger partial charge in [0.05, 0.1) is 12.7 Å². The van der Waals surface area contributed by atoms with Crippen LogP contribution >= 0.6 is 0 Å². The van der Waals surface area contributed by atoms with Crippen molar-refractivity contribution < 1.29 is 9.21 Å². The van der Waals surface area contributed by atoms with Crippen LogP contribution in [0.5, 0.6) is 0 Å². The van der Waals surface area contributed by atoms with Crippen LogP contribution in [0.1, 0.15) is 40.9 Å². The summed E-state index contributed by atoms with van der Waals surface area (Å²) in [6.07, 6.45) is 4.63. The Balaban J connectivity index is 1.65. The Morgan fingerprint density at radius 1 is 1.48 bits per heavy atom. The number of hydrogen-bond acceptors (Lipinski definition) is 4. The first-order valence-electron chi connectivity index (χ1n) is 7.35. The maximum Gasteiger partial charge on any atom is 0.251 e. The van der Waals surface area contributed by atoms with Crippen molar-refractivity contribution in [2.45, 2.75) is 32.7 Å². The Morgan fingerprint density at radius 3 is 3.19 bits per heavy atom. The van der Waals surface area contributed by atoms with Crippen molar-refractivity contribution in [2.24, 2.45) is 0 Å². The van der Waals surface area contributed by atoms with Crippen molar-refractivity contribution in [1.82, 2.24) is 10.3 Å². The molecule has 0 radical (unpaired) electrons. The highest BCUT2D eigenvalue weighted by Gasteiger charge is 2.13. The van der Waals surface area contributed by atoms with Gasteiger partial charge in [-0.3, -0.25) is 4.79 Å². The van der Waals surface area contributed by atoms with E-state index in [-0.39, 0.29) is 5.91 Å². The van der Waals surface area contributed by atoms with Gasteiger partial charge in [0.1, 0.15) is 5.76 Å². The number of carbonyl (C=O) groups is 1. The van der Waals surface area contributed by atoms with Gasteiger partial charge in [-0.05, 0) is 36.6 Å². The summed E-state index contributed by atoms with van der Waals surface area (Å²) in [5.41, 5.74) is 3.02. The molecule has 1 aromatic heterocycles. The molecule has 2 heterocycles. The second kappa shape index (κ2) is 5.99. The minimum atomic E-state index is -0.0976. The standard InChI is InChI=1S/C16H19N3O2/c1-2-13-9-18-15(21-13)10-19-16(20)12-5-6-14-11(8-12)4-3-7-17-14/h5-6,8-9,17H,2-4,7,10H2,1H3,(H,19,20). The highest BCUT2D eigenvalue weighted by molar-refractivity contribution is 5.94. The molecule has 0 bridgehead atoms. The molecule has 0 aliphatic carbocycles. The molecule has 0 saturated heterocycles. The highest BCUT2D eigenvalue weighted by Crippen LogP contribution is 2.22. The molecule has 3 rings (SSSR count). The smallest absolute Gasteiger partial charge is 0.251 e. The average Bonchev–Trinajstić information content (AvgIpc) is 3.00. The van der Waals surface area contributed by atoms with Crippen LogP contribution in [0, 0.1) is 0 Å². The lowest BCUT2D eigenvalue weighted by molar-refractivity contribution is 0.0947. The van der Waals surface area contributed by atoms with E-state index >= 15 is 0 Å². The Kier molecular flexibility index (Phi) is 3.90. The van der Waals surface area contributed by atoms with Gasteiger partial charge in [0.15, 0.2) is 0 Å². The van der Waals surface area contributed by atoms with Crippen LogP contribution in [-0.2, 0) is 19.4 Å². The summed E-state index contributed by atoms with van der Waals surface area (Å²) in [4.78, 5) is 16.3. The zero-order valence-corrected chi connectivity index (χ0v) is 12.1. The second-order valence-corrected chi connectivity index (χ2v) is 5.16. The molecule has 1 aromatic carbocycles. The summed E-state index contributed by atoms with van der Waals surface area (Å²) in [7, 11) is 0. The van der Waals surface area contributed by atoms with Crippen molar-refractivity contribution in [2.75, 3.05) is 11.9 Å². The third kappa shape index (κ3) is 3.07. The molecule has 1 amide bonds. The van der Waals surface area contributed by atoms with Crippen molar-refractivity contribution in [1.29, 1.82) is 0 Å². The van der Waals surface area contributed by atoms with E-state index in [1.807, 2.05) is 25.1 Å². The fourth-order valence-corrected chi connectivity index (χ4v) is 2.47. The third-order valence-electron chi connectivity index (χ3n) is 3.66. The number of benzene rings is 1. The van der Waals surface area contributed by atoms with Crippen LogP contribution < -0.4 is 10.6 Å². The molecule has 0 fully saturated rings. The maximum atomic E-state index is 12.2. The van der Waals surface area contributed by atoms with Gasteiger partial charge in [-0.1, -0.05) is 6.92 Å². The first kappa shape index (κ1) is 13.7. The predicted molar refractivity (Wildman–Crippen MR) is 80.3 cm³/mol. The van der Waals surface area contributed by atoms with Crippen molar-refractivity contribution in [3.05, 3.63) is 47.2 Å². The number of anilines is 1. The van der Waals surface area contributed by atoms with Crippen molar-refractivity contribution >= 4 is 11.6 Å². The van der Waals surface area contributed by atoms with E-state index in [0.29, 0.717) is 18.0 Å². The van der Waals surface area contributed by atoms with Gasteiger partial charge >= 0.3 is 0 Å². The number of aromatic nitrogens is 1. The Labute approximate surface area is 123 Å². The topological polar surface area (TPSA) is 67.2 Å². The van der Waals surface area contributed by atoms with Gasteiger partial charge in [0.2, 0.25) is 5.89 Å². The number of amides is 1. The van der Waals surface area contributed by atoms with E-state index in [0.717, 1.165) is 37.3 Å². The first-order valence-corrected chi connectivity index (χ1v) is 7.35. The number of carbonyl (C=O) groups excluding carboxylic acids is 1. The molecule has 0 unspecified atom stereocenters. The lowest BCUT2D eigenvalue weighted by Crippen LogP contribution is -2.23. The number of aryl methyl sites for hydroxylation is 2. The zero-order chi connectivity index (χ0) is 14.7. The second-order valence-electron chi connectivity index (χ2n) is 5.16. The SMILES string of the molecule is CCc1cnc(CNC(=O)c2ccc3c(c2)CCCN3)o1. The summed E-state index contributed by atoms with van der Waals surface area (Å²) in [5.74, 6) is 1.28. The number of oxazole rings is 1. The molecule has 5 nitrogen and oxygen atoms in total. The van der Waals surface area contributed by atoms with Crippen molar-refractivity contribution in [3.8, 4) is 0 Å². The molecule has 0 atom stereocenters. The van der Waals surface area contributed by atoms with Gasteiger partial charge < -0.3 is 15.1 Å². The summed E-state index contributed by atoms with van der Waals surface area (Å²) >= 11 is 0. The highest BCUT2D eigenvalue weighted by atomic mass is 16.4. The van der Waals surface area contributed by atoms with Crippen molar-refractivity contribution in [3.63, 3.8) is 0 Å². The zero-order valence-electron chi connectivity index (χ0n) is 12.1. The fraction of sp³-hybridized carbons (Fsp3) is 0.375. The number of fused-ring (bicyclic) bond motifs is 1. The summed E-state index contributed by atoms with van der Waals surface area (Å²) in [5, 5.41) is 6.18. The molecular weight excluding hydrogens is 266 g/mol. The molecule has 0 saturated carbocycles. The fourth-order valence-electron chi connectivity index (χ4n) is 2.47. The molecule has 0 spiro atoms. The normalized spacial score (nSPS) is 13.4. The molecule has 21 heavy (non-hydrogen) atoms. The van der Waals surface area contributed by atoms with E-state index in [9.17, 15) is 4.79 Å². The molecular formula is C16H19N3O2. The van der Waals surface area contributed by atoms with Gasteiger partial charge in [-0.2, -0.15) is 0 Å². The van der Waals surface area contributed by atoms with E-state index in [4.69, 9.17) is 4.42 Å². The van der Waals surface area contributed by atoms with E-state index in [1.165, 1.54) is 5.56 Å². The average molecular weight is 285 g/mol. The van der Waals surface area contributed by atoms with Gasteiger partial charge in [0, 0.05) is 24.2 Å². The third-order valence-corrected chi connectivity index (χ3v) is 3.66. The minimum absolute atomic E-state index is 0.0976. The lowest BCUT2D eigenvalue weighted by Gasteiger charge is -2.18. The Bertz CT molecular complexity index is 649.